The lowest BCUT2D eigenvalue weighted by Crippen LogP contribution is -2.57. The van der Waals surface area contributed by atoms with Gasteiger partial charge in [-0.2, -0.15) is 0 Å². The number of rotatable bonds is 14. The molecule has 1 N–H and O–H groups in total. The lowest BCUT2D eigenvalue weighted by molar-refractivity contribution is -0.155. The normalized spacial score (nSPS) is 28.8. The van der Waals surface area contributed by atoms with E-state index in [1.807, 2.05) is 0 Å². The topological polar surface area (TPSA) is 96.4 Å². The Morgan fingerprint density at radius 3 is 2.62 bits per heavy atom. The number of benzene rings is 1. The number of fused-ring (bicyclic) bond motifs is 1. The number of amides is 2. The van der Waals surface area contributed by atoms with Crippen LogP contribution in [0.15, 0.2) is 49.6 Å². The molecule has 10 heteroatoms. The first-order valence-corrected chi connectivity index (χ1v) is 14.8. The first-order valence-electron chi connectivity index (χ1n) is 13.5. The molecule has 6 atom stereocenters. The third-order valence-corrected chi connectivity index (χ3v) is 8.96. The van der Waals surface area contributed by atoms with E-state index in [0.29, 0.717) is 55.8 Å². The van der Waals surface area contributed by atoms with Crippen LogP contribution in [-0.4, -0.2) is 76.7 Å². The van der Waals surface area contributed by atoms with Gasteiger partial charge in [-0.15, -0.1) is 13.2 Å². The van der Waals surface area contributed by atoms with Crippen LogP contribution in [0.3, 0.4) is 0 Å². The zero-order valence-corrected chi connectivity index (χ0v) is 24.3. The molecule has 8 nitrogen and oxygen atoms in total. The molecule has 212 valence electrons. The largest absolute Gasteiger partial charge is 0.465 e. The minimum absolute atomic E-state index is 0.0579. The molecule has 0 radical (unpaired) electrons. The van der Waals surface area contributed by atoms with Crippen LogP contribution in [0, 0.1) is 11.8 Å². The van der Waals surface area contributed by atoms with E-state index in [0.717, 1.165) is 0 Å². The fourth-order valence-electron chi connectivity index (χ4n) is 6.21. The van der Waals surface area contributed by atoms with Crippen molar-refractivity contribution in [1.29, 1.82) is 0 Å². The molecule has 39 heavy (non-hydrogen) atoms. The number of ether oxygens (including phenoxy) is 2. The van der Waals surface area contributed by atoms with Gasteiger partial charge in [-0.25, -0.2) is 0 Å². The summed E-state index contributed by atoms with van der Waals surface area (Å²) in [7, 11) is 0. The minimum atomic E-state index is -1.17. The molecule has 0 aliphatic carbocycles. The van der Waals surface area contributed by atoms with E-state index in [1.165, 1.54) is 0 Å². The SMILES string of the molecule is C=CCCCOC(=O)[C@H]1[C@H]2C(=O)N(CCCCCO)C(C(=O)N(CC=C)c3ccc(Cl)cc3)C23CC(Br)[C@@H]1O3. The van der Waals surface area contributed by atoms with Gasteiger partial charge < -0.3 is 24.4 Å². The van der Waals surface area contributed by atoms with Crippen LogP contribution in [0.1, 0.15) is 38.5 Å². The van der Waals surface area contributed by atoms with E-state index in [1.54, 1.807) is 46.2 Å². The molecule has 3 fully saturated rings. The van der Waals surface area contributed by atoms with Crippen molar-refractivity contribution in [3.63, 3.8) is 0 Å². The Morgan fingerprint density at radius 2 is 1.95 bits per heavy atom. The maximum Gasteiger partial charge on any atom is 0.312 e. The molecule has 4 rings (SSSR count). The van der Waals surface area contributed by atoms with Gasteiger partial charge in [-0.05, 0) is 62.8 Å². The molecule has 1 aromatic rings. The van der Waals surface area contributed by atoms with E-state index >= 15 is 0 Å². The van der Waals surface area contributed by atoms with Gasteiger partial charge in [0.25, 0.3) is 5.91 Å². The number of halogens is 2. The summed E-state index contributed by atoms with van der Waals surface area (Å²) in [6.45, 7) is 8.35. The molecule has 3 unspecified atom stereocenters. The number of carbonyl (C=O) groups is 3. The molecule has 3 aliphatic heterocycles. The molecule has 3 aliphatic rings. The lowest BCUT2D eigenvalue weighted by atomic mass is 9.70. The number of anilines is 1. The number of aliphatic hydroxyl groups excluding tert-OH is 1. The van der Waals surface area contributed by atoms with E-state index in [9.17, 15) is 19.5 Å². The molecule has 0 saturated carbocycles. The summed E-state index contributed by atoms with van der Waals surface area (Å²) in [5, 5.41) is 9.77. The molecular formula is C29H36BrClN2O6. The number of hydrogen-bond acceptors (Lipinski definition) is 6. The molecule has 2 amide bonds. The second kappa shape index (κ2) is 13.0. The van der Waals surface area contributed by atoms with Gasteiger partial charge in [0, 0.05) is 35.2 Å². The van der Waals surface area contributed by atoms with Crippen molar-refractivity contribution in [1.82, 2.24) is 4.90 Å². The summed E-state index contributed by atoms with van der Waals surface area (Å²) in [5.74, 6) is -2.65. The van der Waals surface area contributed by atoms with Crippen molar-refractivity contribution in [2.45, 2.75) is 61.1 Å². The van der Waals surface area contributed by atoms with Crippen LogP contribution in [-0.2, 0) is 23.9 Å². The number of likely N-dealkylation sites (tertiary alicyclic amines) is 1. The van der Waals surface area contributed by atoms with Gasteiger partial charge in [0.1, 0.15) is 11.6 Å². The lowest BCUT2D eigenvalue weighted by Gasteiger charge is -2.37. The number of alkyl halides is 1. The third kappa shape index (κ3) is 5.69. The number of esters is 1. The second-order valence-corrected chi connectivity index (χ2v) is 11.9. The van der Waals surface area contributed by atoms with Crippen LogP contribution in [0.4, 0.5) is 5.69 Å². The van der Waals surface area contributed by atoms with Crippen LogP contribution in [0.25, 0.3) is 0 Å². The van der Waals surface area contributed by atoms with E-state index in [-0.39, 0.29) is 36.4 Å². The Labute approximate surface area is 243 Å². The molecule has 3 saturated heterocycles. The van der Waals surface area contributed by atoms with Crippen LogP contribution < -0.4 is 4.90 Å². The zero-order valence-electron chi connectivity index (χ0n) is 22.0. The van der Waals surface area contributed by atoms with Gasteiger partial charge in [0.05, 0.1) is 24.5 Å². The maximum absolute atomic E-state index is 14.4. The monoisotopic (exact) mass is 622 g/mol. The van der Waals surface area contributed by atoms with Crippen molar-refractivity contribution in [3.8, 4) is 0 Å². The summed E-state index contributed by atoms with van der Waals surface area (Å²) in [6, 6.07) is 6.00. The van der Waals surface area contributed by atoms with Crippen LogP contribution in [0.2, 0.25) is 5.02 Å². The molecular weight excluding hydrogens is 588 g/mol. The molecule has 1 aromatic carbocycles. The van der Waals surface area contributed by atoms with Crippen molar-refractivity contribution in [2.24, 2.45) is 11.8 Å². The van der Waals surface area contributed by atoms with Gasteiger partial charge in [0.15, 0.2) is 0 Å². The predicted octanol–water partition coefficient (Wildman–Crippen LogP) is 4.28. The number of unbranched alkanes of at least 4 members (excludes halogenated alkanes) is 3. The summed E-state index contributed by atoms with van der Waals surface area (Å²) in [5.41, 5.74) is -0.543. The highest BCUT2D eigenvalue weighted by atomic mass is 79.9. The zero-order chi connectivity index (χ0) is 28.2. The van der Waals surface area contributed by atoms with Gasteiger partial charge in [-0.1, -0.05) is 39.7 Å². The molecule has 0 aromatic heterocycles. The highest BCUT2D eigenvalue weighted by molar-refractivity contribution is 9.09. The van der Waals surface area contributed by atoms with Crippen molar-refractivity contribution < 1.29 is 29.0 Å². The Kier molecular flexibility index (Phi) is 9.91. The Morgan fingerprint density at radius 1 is 1.21 bits per heavy atom. The van der Waals surface area contributed by atoms with Crippen LogP contribution in [0.5, 0.6) is 0 Å². The Balaban J connectivity index is 1.69. The summed E-state index contributed by atoms with van der Waals surface area (Å²) in [6.07, 6.45) is 6.52. The second-order valence-electron chi connectivity index (χ2n) is 10.3. The Hall–Kier alpha value is -2.20. The fourth-order valence-corrected chi connectivity index (χ4v) is 7.28. The quantitative estimate of drug-likeness (QED) is 0.144. The summed E-state index contributed by atoms with van der Waals surface area (Å²) >= 11 is 9.78. The molecule has 1 spiro atoms. The van der Waals surface area contributed by atoms with Crippen molar-refractivity contribution >= 4 is 51.0 Å². The number of carbonyl (C=O) groups excluding carboxylic acids is 3. The summed E-state index contributed by atoms with van der Waals surface area (Å²) in [4.78, 5) is 44.8. The summed E-state index contributed by atoms with van der Waals surface area (Å²) < 4.78 is 12.1. The van der Waals surface area contributed by atoms with E-state index < -0.39 is 35.6 Å². The van der Waals surface area contributed by atoms with Gasteiger partial charge in [-0.3, -0.25) is 14.4 Å². The Bertz CT molecular complexity index is 1080. The highest BCUT2D eigenvalue weighted by Gasteiger charge is 2.77. The predicted molar refractivity (Wildman–Crippen MR) is 153 cm³/mol. The van der Waals surface area contributed by atoms with Gasteiger partial charge >= 0.3 is 5.97 Å². The van der Waals surface area contributed by atoms with Gasteiger partial charge in [0.2, 0.25) is 5.91 Å². The number of nitrogens with zero attached hydrogens (tertiary/aromatic N) is 2. The van der Waals surface area contributed by atoms with Crippen molar-refractivity contribution in [2.75, 3.05) is 31.2 Å². The first kappa shape index (κ1) is 29.8. The van der Waals surface area contributed by atoms with E-state index in [2.05, 4.69) is 29.1 Å². The number of hydrogen-bond donors (Lipinski definition) is 1. The molecule has 2 bridgehead atoms. The van der Waals surface area contributed by atoms with E-state index in [4.69, 9.17) is 21.1 Å². The maximum atomic E-state index is 14.4. The smallest absolute Gasteiger partial charge is 0.312 e. The minimum Gasteiger partial charge on any atom is -0.465 e. The third-order valence-electron chi connectivity index (χ3n) is 7.87. The highest BCUT2D eigenvalue weighted by Crippen LogP contribution is 2.60. The average Bonchev–Trinajstić information content (AvgIpc) is 3.51. The molecule has 3 heterocycles. The van der Waals surface area contributed by atoms with Crippen molar-refractivity contribution in [3.05, 3.63) is 54.6 Å². The fraction of sp³-hybridized carbons (Fsp3) is 0.552. The number of allylic oxidation sites excluding steroid dienone is 1. The first-order chi connectivity index (χ1) is 18.8. The van der Waals surface area contributed by atoms with Crippen LogP contribution >= 0.6 is 27.5 Å². The average molecular weight is 624 g/mol. The number of aliphatic hydroxyl groups is 1. The standard InChI is InChI=1S/C29H36BrClN2O6/c1-3-5-9-17-38-28(37)22-23-26(35)33(15-7-6-8-16-34)25(29(23)18-21(30)24(22)39-29)27(36)32(14-4-2)20-12-10-19(31)11-13-20/h3-4,10-13,21-25,34H,1-2,5-9,14-18H2/t21?,22-,23-,24-,25?,29?/m0/s1.